The number of halogens is 2. The van der Waals surface area contributed by atoms with Crippen LogP contribution in [0.5, 0.6) is 0 Å². The SMILES string of the molecule is O=C(O)CC(NC(=S)Nc1ccc(Cl)cc1)c1ccc(Cl)cc1. The van der Waals surface area contributed by atoms with Crippen LogP contribution in [-0.2, 0) is 4.79 Å². The number of benzene rings is 2. The molecule has 1 atom stereocenters. The highest BCUT2D eigenvalue weighted by Crippen LogP contribution is 2.20. The van der Waals surface area contributed by atoms with Gasteiger partial charge in [0.05, 0.1) is 12.5 Å². The average molecular weight is 369 g/mol. The Morgan fingerprint density at radius 1 is 1.04 bits per heavy atom. The van der Waals surface area contributed by atoms with E-state index < -0.39 is 12.0 Å². The van der Waals surface area contributed by atoms with Crippen molar-refractivity contribution in [1.82, 2.24) is 5.32 Å². The predicted octanol–water partition coefficient (Wildman–Crippen LogP) is 4.50. The van der Waals surface area contributed by atoms with Gasteiger partial charge in [-0.05, 0) is 54.2 Å². The van der Waals surface area contributed by atoms with Gasteiger partial charge in [0.2, 0.25) is 0 Å². The summed E-state index contributed by atoms with van der Waals surface area (Å²) in [6.07, 6.45) is -0.107. The van der Waals surface area contributed by atoms with Gasteiger partial charge in [0.15, 0.2) is 5.11 Å². The topological polar surface area (TPSA) is 61.4 Å². The molecule has 3 N–H and O–H groups in total. The largest absolute Gasteiger partial charge is 0.481 e. The third-order valence-electron chi connectivity index (χ3n) is 3.06. The summed E-state index contributed by atoms with van der Waals surface area (Å²) < 4.78 is 0. The fourth-order valence-corrected chi connectivity index (χ4v) is 2.49. The number of rotatable bonds is 5. The summed E-state index contributed by atoms with van der Waals surface area (Å²) in [5.41, 5.74) is 1.55. The Morgan fingerprint density at radius 2 is 1.57 bits per heavy atom. The van der Waals surface area contributed by atoms with Gasteiger partial charge in [-0.1, -0.05) is 35.3 Å². The maximum atomic E-state index is 11.1. The minimum absolute atomic E-state index is 0.107. The monoisotopic (exact) mass is 368 g/mol. The molecule has 7 heteroatoms. The van der Waals surface area contributed by atoms with Crippen LogP contribution in [-0.4, -0.2) is 16.2 Å². The van der Waals surface area contributed by atoms with E-state index in [0.29, 0.717) is 15.2 Å². The molecule has 0 saturated heterocycles. The molecule has 0 aliphatic heterocycles. The minimum atomic E-state index is -0.924. The Balaban J connectivity index is 2.07. The molecule has 2 aromatic rings. The summed E-state index contributed by atoms with van der Waals surface area (Å²) in [6.45, 7) is 0. The van der Waals surface area contributed by atoms with Gasteiger partial charge < -0.3 is 15.7 Å². The highest BCUT2D eigenvalue weighted by Gasteiger charge is 2.16. The molecular formula is C16H14Cl2N2O2S. The van der Waals surface area contributed by atoms with Gasteiger partial charge in [0, 0.05) is 15.7 Å². The van der Waals surface area contributed by atoms with Crippen molar-refractivity contribution in [3.8, 4) is 0 Å². The Kier molecular flexibility index (Phi) is 6.21. The molecule has 0 aliphatic rings. The lowest BCUT2D eigenvalue weighted by atomic mass is 10.0. The molecular weight excluding hydrogens is 355 g/mol. The summed E-state index contributed by atoms with van der Waals surface area (Å²) in [4.78, 5) is 11.1. The van der Waals surface area contributed by atoms with Crippen LogP contribution in [0.4, 0.5) is 5.69 Å². The molecule has 0 saturated carbocycles. The first kappa shape index (κ1) is 17.5. The van der Waals surface area contributed by atoms with Crippen molar-refractivity contribution in [3.05, 3.63) is 64.1 Å². The van der Waals surface area contributed by atoms with E-state index in [0.717, 1.165) is 11.3 Å². The van der Waals surface area contributed by atoms with Crippen molar-refractivity contribution in [2.75, 3.05) is 5.32 Å². The zero-order valence-electron chi connectivity index (χ0n) is 11.9. The van der Waals surface area contributed by atoms with E-state index in [-0.39, 0.29) is 6.42 Å². The molecule has 4 nitrogen and oxygen atoms in total. The number of carboxylic acids is 1. The van der Waals surface area contributed by atoms with Crippen molar-refractivity contribution >= 4 is 52.2 Å². The van der Waals surface area contributed by atoms with Crippen LogP contribution in [0, 0.1) is 0 Å². The van der Waals surface area contributed by atoms with Crippen molar-refractivity contribution in [3.63, 3.8) is 0 Å². The van der Waals surface area contributed by atoms with Crippen molar-refractivity contribution < 1.29 is 9.90 Å². The zero-order chi connectivity index (χ0) is 16.8. The molecule has 1 unspecified atom stereocenters. The van der Waals surface area contributed by atoms with E-state index in [1.807, 2.05) is 0 Å². The summed E-state index contributed by atoms with van der Waals surface area (Å²) >= 11 is 16.9. The van der Waals surface area contributed by atoms with E-state index in [4.69, 9.17) is 40.5 Å². The zero-order valence-corrected chi connectivity index (χ0v) is 14.3. The van der Waals surface area contributed by atoms with Crippen LogP contribution in [0.2, 0.25) is 10.0 Å². The summed E-state index contributed by atoms with van der Waals surface area (Å²) in [5, 5.41) is 16.6. The number of hydrogen-bond donors (Lipinski definition) is 3. The van der Waals surface area contributed by atoms with E-state index in [2.05, 4.69) is 10.6 Å². The van der Waals surface area contributed by atoms with E-state index >= 15 is 0 Å². The number of aliphatic carboxylic acids is 1. The second-order valence-electron chi connectivity index (χ2n) is 4.81. The third-order valence-corrected chi connectivity index (χ3v) is 3.78. The molecule has 0 aliphatic carbocycles. The van der Waals surface area contributed by atoms with Gasteiger partial charge in [-0.15, -0.1) is 0 Å². The van der Waals surface area contributed by atoms with Gasteiger partial charge in [-0.2, -0.15) is 0 Å². The Bertz CT molecular complexity index is 690. The smallest absolute Gasteiger partial charge is 0.305 e. The highest BCUT2D eigenvalue weighted by atomic mass is 35.5. The van der Waals surface area contributed by atoms with Crippen LogP contribution < -0.4 is 10.6 Å². The van der Waals surface area contributed by atoms with Crippen LogP contribution in [0.15, 0.2) is 48.5 Å². The lowest BCUT2D eigenvalue weighted by molar-refractivity contribution is -0.137. The first-order valence-corrected chi connectivity index (χ1v) is 7.91. The highest BCUT2D eigenvalue weighted by molar-refractivity contribution is 7.80. The Labute approximate surface area is 149 Å². The molecule has 0 heterocycles. The van der Waals surface area contributed by atoms with Crippen molar-refractivity contribution in [2.24, 2.45) is 0 Å². The minimum Gasteiger partial charge on any atom is -0.481 e. The van der Waals surface area contributed by atoms with Crippen LogP contribution >= 0.6 is 35.4 Å². The van der Waals surface area contributed by atoms with Crippen molar-refractivity contribution in [2.45, 2.75) is 12.5 Å². The third kappa shape index (κ3) is 5.71. The van der Waals surface area contributed by atoms with Gasteiger partial charge in [-0.25, -0.2) is 0 Å². The molecule has 0 aromatic heterocycles. The summed E-state index contributed by atoms with van der Waals surface area (Å²) in [6, 6.07) is 13.5. The second kappa shape index (κ2) is 8.15. The number of hydrogen-bond acceptors (Lipinski definition) is 2. The first-order chi connectivity index (χ1) is 10.9. The van der Waals surface area contributed by atoms with Crippen LogP contribution in [0.1, 0.15) is 18.0 Å². The van der Waals surface area contributed by atoms with Crippen molar-refractivity contribution in [1.29, 1.82) is 0 Å². The number of anilines is 1. The van der Waals surface area contributed by atoms with E-state index in [1.54, 1.807) is 48.5 Å². The lowest BCUT2D eigenvalue weighted by Crippen LogP contribution is -2.33. The molecule has 2 aromatic carbocycles. The standard InChI is InChI=1S/C16H14Cl2N2O2S/c17-11-3-1-10(2-4-11)14(9-15(21)22)20-16(23)19-13-7-5-12(18)6-8-13/h1-8,14H,9H2,(H,21,22)(H2,19,20,23). The average Bonchev–Trinajstić information content (AvgIpc) is 2.49. The number of carboxylic acid groups (broad SMARTS) is 1. The fourth-order valence-electron chi connectivity index (χ4n) is 1.98. The number of thiocarbonyl (C=S) groups is 1. The van der Waals surface area contributed by atoms with Crippen LogP contribution in [0.3, 0.4) is 0 Å². The molecule has 120 valence electrons. The summed E-state index contributed by atoms with van der Waals surface area (Å²) in [5.74, 6) is -0.924. The molecule has 23 heavy (non-hydrogen) atoms. The molecule has 0 fully saturated rings. The summed E-state index contributed by atoms with van der Waals surface area (Å²) in [7, 11) is 0. The van der Waals surface area contributed by atoms with Gasteiger partial charge >= 0.3 is 5.97 Å². The molecule has 2 rings (SSSR count). The molecule has 0 radical (unpaired) electrons. The maximum Gasteiger partial charge on any atom is 0.305 e. The van der Waals surface area contributed by atoms with E-state index in [1.165, 1.54) is 0 Å². The number of carbonyl (C=O) groups is 1. The van der Waals surface area contributed by atoms with Gasteiger partial charge in [0.25, 0.3) is 0 Å². The predicted molar refractivity (Wildman–Crippen MR) is 97.3 cm³/mol. The number of nitrogens with one attached hydrogen (secondary N) is 2. The quantitative estimate of drug-likeness (QED) is 0.678. The van der Waals surface area contributed by atoms with Crippen LogP contribution in [0.25, 0.3) is 0 Å². The van der Waals surface area contributed by atoms with Gasteiger partial charge in [-0.3, -0.25) is 4.79 Å². The Hall–Kier alpha value is -1.82. The normalized spacial score (nSPS) is 11.6. The van der Waals surface area contributed by atoms with E-state index in [9.17, 15) is 4.79 Å². The first-order valence-electron chi connectivity index (χ1n) is 6.74. The molecule has 0 bridgehead atoms. The molecule has 0 amide bonds. The Morgan fingerprint density at radius 3 is 2.09 bits per heavy atom. The molecule has 0 spiro atoms. The second-order valence-corrected chi connectivity index (χ2v) is 6.09. The maximum absolute atomic E-state index is 11.1. The fraction of sp³-hybridized carbons (Fsp3) is 0.125. The lowest BCUT2D eigenvalue weighted by Gasteiger charge is -2.20. The van der Waals surface area contributed by atoms with Gasteiger partial charge in [0.1, 0.15) is 0 Å².